The third-order valence-electron chi connectivity index (χ3n) is 9.12. The number of hydrogen-bond donors (Lipinski definition) is 1. The Morgan fingerprint density at radius 3 is 2.57 bits per heavy atom. The van der Waals surface area contributed by atoms with E-state index in [1.54, 1.807) is 18.9 Å². The number of likely N-dealkylation sites (tertiary alicyclic amines) is 1. The number of methoxy groups -OCH3 is 2. The lowest BCUT2D eigenvalue weighted by atomic mass is 9.77. The summed E-state index contributed by atoms with van der Waals surface area (Å²) in [5, 5.41) is 7.54. The maximum atomic E-state index is 13.8. The predicted molar refractivity (Wildman–Crippen MR) is 158 cm³/mol. The van der Waals surface area contributed by atoms with E-state index in [0.29, 0.717) is 63.4 Å². The molecule has 3 aliphatic heterocycles. The van der Waals surface area contributed by atoms with Crippen molar-refractivity contribution >= 4 is 17.7 Å². The van der Waals surface area contributed by atoms with Crippen LogP contribution in [0.5, 0.6) is 11.5 Å². The van der Waals surface area contributed by atoms with Gasteiger partial charge < -0.3 is 24.6 Å². The van der Waals surface area contributed by atoms with Gasteiger partial charge in [-0.1, -0.05) is 6.07 Å². The summed E-state index contributed by atoms with van der Waals surface area (Å²) in [6, 6.07) is 6.07. The van der Waals surface area contributed by atoms with Crippen molar-refractivity contribution in [2.75, 3.05) is 40.4 Å². The Hall–Kier alpha value is -3.56. The zero-order valence-corrected chi connectivity index (χ0v) is 25.5. The van der Waals surface area contributed by atoms with Gasteiger partial charge in [-0.05, 0) is 87.5 Å². The van der Waals surface area contributed by atoms with Crippen LogP contribution < -0.4 is 14.8 Å². The summed E-state index contributed by atoms with van der Waals surface area (Å²) in [5.74, 6) is 2.07. The molecule has 0 radical (unpaired) electrons. The Morgan fingerprint density at radius 1 is 1.00 bits per heavy atom. The number of fused-ring (bicyclic) bond motifs is 6. The van der Waals surface area contributed by atoms with Crippen molar-refractivity contribution in [1.82, 2.24) is 24.9 Å². The lowest BCUT2D eigenvalue weighted by Crippen LogP contribution is -2.60. The molecule has 4 heterocycles. The molecule has 1 aromatic carbocycles. The fourth-order valence-corrected chi connectivity index (χ4v) is 7.17. The molecule has 10 heteroatoms. The van der Waals surface area contributed by atoms with Crippen LogP contribution in [0.1, 0.15) is 61.0 Å². The van der Waals surface area contributed by atoms with E-state index in [2.05, 4.69) is 21.4 Å². The van der Waals surface area contributed by atoms with Gasteiger partial charge in [-0.15, -0.1) is 0 Å². The van der Waals surface area contributed by atoms with Gasteiger partial charge in [0.05, 0.1) is 19.9 Å². The molecule has 1 N–H and O–H groups in total. The molecule has 4 bridgehead atoms. The minimum atomic E-state index is 0.0136. The summed E-state index contributed by atoms with van der Waals surface area (Å²) >= 11 is 0. The van der Waals surface area contributed by atoms with Gasteiger partial charge >= 0.3 is 0 Å². The molecule has 2 saturated heterocycles. The van der Waals surface area contributed by atoms with E-state index in [4.69, 9.17) is 9.47 Å². The van der Waals surface area contributed by atoms with Gasteiger partial charge in [0, 0.05) is 50.8 Å². The maximum Gasteiger partial charge on any atom is 0.244 e. The SMILES string of the molecule is COc1cc2cc(c1OC)CCCNC(=O)CCC[C@H]1[C@H]3C[C@@H](CN(C(=O)Cn4nc(C)cc4C)C3)CN1C(=O)CC2. The molecule has 0 unspecified atom stereocenters. The van der Waals surface area contributed by atoms with Gasteiger partial charge in [-0.25, -0.2) is 0 Å². The maximum absolute atomic E-state index is 13.8. The molecule has 0 aliphatic carbocycles. The lowest BCUT2D eigenvalue weighted by Gasteiger charge is -2.51. The summed E-state index contributed by atoms with van der Waals surface area (Å²) in [4.78, 5) is 43.9. The van der Waals surface area contributed by atoms with Crippen molar-refractivity contribution in [3.63, 3.8) is 0 Å². The molecule has 0 spiro atoms. The Bertz CT molecular complexity index is 1310. The van der Waals surface area contributed by atoms with Crippen molar-refractivity contribution in [2.45, 2.75) is 77.8 Å². The van der Waals surface area contributed by atoms with Crippen LogP contribution in [0.2, 0.25) is 0 Å². The fourth-order valence-electron chi connectivity index (χ4n) is 7.17. The number of aromatic nitrogens is 2. The number of amides is 3. The summed E-state index contributed by atoms with van der Waals surface area (Å²) in [5.41, 5.74) is 3.95. The first-order valence-electron chi connectivity index (χ1n) is 15.3. The highest BCUT2D eigenvalue weighted by Gasteiger charge is 2.43. The first-order chi connectivity index (χ1) is 20.2. The standard InChI is InChI=1S/C32H45N5O5/c1-21-13-22(2)37(34-21)20-31(40)35-17-24-15-26(19-35)27-8-5-9-29(38)33-12-6-7-25-14-23(10-11-30(39)36(27)18-24)16-28(41-3)32(25)42-4/h13-14,16,24,26-27H,5-12,15,17-20H2,1-4H3,(H,33,38)/t24-,26-,27-/m0/s1. The summed E-state index contributed by atoms with van der Waals surface area (Å²) in [6.45, 7) is 6.68. The number of rotatable bonds is 4. The highest BCUT2D eigenvalue weighted by atomic mass is 16.5. The van der Waals surface area contributed by atoms with Gasteiger partial charge in [0.25, 0.3) is 0 Å². The molecule has 2 fully saturated rings. The Labute approximate surface area is 248 Å². The smallest absolute Gasteiger partial charge is 0.244 e. The molecular weight excluding hydrogens is 534 g/mol. The molecule has 3 atom stereocenters. The van der Waals surface area contributed by atoms with Crippen LogP contribution in [-0.4, -0.2) is 83.7 Å². The second-order valence-electron chi connectivity index (χ2n) is 12.2. The van der Waals surface area contributed by atoms with Crippen molar-refractivity contribution in [3.05, 3.63) is 40.7 Å². The minimum absolute atomic E-state index is 0.0136. The number of ether oxygens (including phenoxy) is 2. The molecular formula is C32H45N5O5. The van der Waals surface area contributed by atoms with Gasteiger partial charge in [0.1, 0.15) is 6.54 Å². The molecule has 228 valence electrons. The first kappa shape index (κ1) is 29.9. The van der Waals surface area contributed by atoms with Crippen LogP contribution in [0.15, 0.2) is 18.2 Å². The molecule has 5 rings (SSSR count). The lowest BCUT2D eigenvalue weighted by molar-refractivity contribution is -0.146. The number of benzene rings is 1. The van der Waals surface area contributed by atoms with Gasteiger partial charge in [0.15, 0.2) is 11.5 Å². The average Bonchev–Trinajstić information content (AvgIpc) is 3.29. The largest absolute Gasteiger partial charge is 0.493 e. The van der Waals surface area contributed by atoms with Crippen molar-refractivity contribution in [1.29, 1.82) is 0 Å². The number of nitrogens with zero attached hydrogens (tertiary/aromatic N) is 4. The van der Waals surface area contributed by atoms with Gasteiger partial charge in [-0.2, -0.15) is 5.10 Å². The second kappa shape index (κ2) is 13.2. The Balaban J connectivity index is 1.34. The van der Waals surface area contributed by atoms with Crippen LogP contribution in [0.4, 0.5) is 0 Å². The van der Waals surface area contributed by atoms with Crippen LogP contribution in [0, 0.1) is 25.7 Å². The zero-order chi connectivity index (χ0) is 29.8. The van der Waals surface area contributed by atoms with E-state index >= 15 is 0 Å². The molecule has 42 heavy (non-hydrogen) atoms. The second-order valence-corrected chi connectivity index (χ2v) is 12.2. The van der Waals surface area contributed by atoms with E-state index in [-0.39, 0.29) is 42.1 Å². The van der Waals surface area contributed by atoms with Crippen molar-refractivity contribution in [3.8, 4) is 11.5 Å². The van der Waals surface area contributed by atoms with Crippen LogP contribution >= 0.6 is 0 Å². The third kappa shape index (κ3) is 6.73. The molecule has 3 aliphatic rings. The van der Waals surface area contributed by atoms with Crippen LogP contribution in [0.3, 0.4) is 0 Å². The van der Waals surface area contributed by atoms with Crippen LogP contribution in [-0.2, 0) is 33.8 Å². The number of aryl methyl sites for hydroxylation is 4. The fraction of sp³-hybridized carbons (Fsp3) is 0.625. The van der Waals surface area contributed by atoms with E-state index in [1.165, 1.54) is 0 Å². The predicted octanol–water partition coefficient (Wildman–Crippen LogP) is 3.06. The van der Waals surface area contributed by atoms with Gasteiger partial charge in [0.2, 0.25) is 17.7 Å². The number of carbonyl (C=O) groups is 3. The number of carbonyl (C=O) groups excluding carboxylic acids is 3. The monoisotopic (exact) mass is 579 g/mol. The number of piperidine rings is 2. The first-order valence-corrected chi connectivity index (χ1v) is 15.3. The van der Waals surface area contributed by atoms with E-state index in [1.807, 2.05) is 30.9 Å². The highest BCUT2D eigenvalue weighted by molar-refractivity contribution is 5.78. The number of hydrogen-bond acceptors (Lipinski definition) is 6. The normalized spacial score (nSPS) is 23.7. The highest BCUT2D eigenvalue weighted by Crippen LogP contribution is 2.37. The molecule has 2 aromatic rings. The van der Waals surface area contributed by atoms with Gasteiger partial charge in [-0.3, -0.25) is 19.1 Å². The summed E-state index contributed by atoms with van der Waals surface area (Å²) in [6.07, 6.45) is 5.47. The van der Waals surface area contributed by atoms with E-state index in [9.17, 15) is 14.4 Å². The third-order valence-corrected chi connectivity index (χ3v) is 9.12. The van der Waals surface area contributed by atoms with Crippen LogP contribution in [0.25, 0.3) is 0 Å². The summed E-state index contributed by atoms with van der Waals surface area (Å²) < 4.78 is 13.1. The average molecular weight is 580 g/mol. The quantitative estimate of drug-likeness (QED) is 0.597. The topological polar surface area (TPSA) is 106 Å². The molecule has 3 amide bonds. The summed E-state index contributed by atoms with van der Waals surface area (Å²) in [7, 11) is 3.27. The van der Waals surface area contributed by atoms with E-state index in [0.717, 1.165) is 48.2 Å². The number of nitrogens with one attached hydrogen (secondary N) is 1. The molecule has 0 saturated carbocycles. The molecule has 10 nitrogen and oxygen atoms in total. The zero-order valence-electron chi connectivity index (χ0n) is 25.5. The Kier molecular flexibility index (Phi) is 9.38. The molecule has 1 aromatic heterocycles. The van der Waals surface area contributed by atoms with Crippen molar-refractivity contribution in [2.24, 2.45) is 11.8 Å². The minimum Gasteiger partial charge on any atom is -0.493 e. The van der Waals surface area contributed by atoms with E-state index < -0.39 is 0 Å². The van der Waals surface area contributed by atoms with Crippen molar-refractivity contribution < 1.29 is 23.9 Å². The Morgan fingerprint density at radius 2 is 1.83 bits per heavy atom.